The quantitative estimate of drug-likeness (QED) is 0.509. The average molecular weight is 416 g/mol. The maximum absolute atomic E-state index is 13.8. The van der Waals surface area contributed by atoms with Crippen molar-refractivity contribution in [3.63, 3.8) is 0 Å². The lowest BCUT2D eigenvalue weighted by atomic mass is 10.0. The van der Waals surface area contributed by atoms with E-state index in [1.807, 2.05) is 26.0 Å². The molecule has 2 aromatic carbocycles. The molecule has 2 heterocycles. The van der Waals surface area contributed by atoms with Crippen LogP contribution in [0.5, 0.6) is 5.75 Å². The highest BCUT2D eigenvalue weighted by molar-refractivity contribution is 7.22. The summed E-state index contributed by atoms with van der Waals surface area (Å²) in [6, 6.07) is 6.95. The van der Waals surface area contributed by atoms with Gasteiger partial charge in [0.25, 0.3) is 0 Å². The van der Waals surface area contributed by atoms with Gasteiger partial charge in [-0.3, -0.25) is 4.79 Å². The molecular weight excluding hydrogens is 398 g/mol. The first-order valence-corrected chi connectivity index (χ1v) is 9.76. The van der Waals surface area contributed by atoms with Crippen LogP contribution in [0.2, 0.25) is 0 Å². The lowest BCUT2D eigenvalue weighted by Crippen LogP contribution is -2.29. The first-order chi connectivity index (χ1) is 13.9. The molecule has 1 atom stereocenters. The lowest BCUT2D eigenvalue weighted by molar-refractivity contribution is -0.120. The van der Waals surface area contributed by atoms with E-state index >= 15 is 0 Å². The molecule has 0 aliphatic heterocycles. The Morgan fingerprint density at radius 1 is 1.24 bits per heavy atom. The van der Waals surface area contributed by atoms with E-state index in [1.54, 1.807) is 17.7 Å². The van der Waals surface area contributed by atoms with Crippen LogP contribution in [0.25, 0.3) is 21.3 Å². The van der Waals surface area contributed by atoms with Crippen molar-refractivity contribution in [2.24, 2.45) is 5.92 Å². The van der Waals surface area contributed by atoms with Crippen LogP contribution in [0, 0.1) is 17.6 Å². The number of halogens is 2. The molecule has 0 aliphatic carbocycles. The van der Waals surface area contributed by atoms with Crippen molar-refractivity contribution in [1.82, 2.24) is 14.5 Å². The first kappa shape index (κ1) is 19.3. The highest BCUT2D eigenvalue weighted by atomic mass is 32.1. The highest BCUT2D eigenvalue weighted by Gasteiger charge is 2.27. The number of ether oxygens (including phenoxy) is 1. The molecule has 2 aromatic heterocycles. The van der Waals surface area contributed by atoms with Crippen LogP contribution < -0.4 is 10.1 Å². The van der Waals surface area contributed by atoms with Crippen LogP contribution >= 0.6 is 11.3 Å². The van der Waals surface area contributed by atoms with Gasteiger partial charge in [-0.1, -0.05) is 31.3 Å². The van der Waals surface area contributed by atoms with Crippen molar-refractivity contribution < 1.29 is 18.3 Å². The topological polar surface area (TPSA) is 69.0 Å². The van der Waals surface area contributed by atoms with Crippen molar-refractivity contribution in [2.45, 2.75) is 19.9 Å². The number of para-hydroxylation sites is 1. The number of hydrogen-bond acceptors (Lipinski definition) is 5. The third kappa shape index (κ3) is 3.42. The molecule has 4 aromatic rings. The third-order valence-electron chi connectivity index (χ3n) is 4.65. The second-order valence-corrected chi connectivity index (χ2v) is 7.94. The number of methoxy groups -OCH3 is 1. The summed E-state index contributed by atoms with van der Waals surface area (Å²) in [5.74, 6) is -1.79. The van der Waals surface area contributed by atoms with E-state index in [1.165, 1.54) is 17.7 Å². The smallest absolute Gasteiger partial charge is 0.249 e. The predicted molar refractivity (Wildman–Crippen MR) is 108 cm³/mol. The standard InChI is InChI=1S/C20H18F2N4O2S/c1-10(2)18(26-9-23-13-7-11(21)12(22)8-14(13)26)19(27)25-20-24-17-15(28-3)5-4-6-16(17)29-20/h4-10,18H,1-3H3,(H,24,25,27). The van der Waals surface area contributed by atoms with Gasteiger partial charge < -0.3 is 14.6 Å². The van der Waals surface area contributed by atoms with Crippen LogP contribution in [0.4, 0.5) is 13.9 Å². The summed E-state index contributed by atoms with van der Waals surface area (Å²) in [5, 5.41) is 3.27. The fourth-order valence-corrected chi connectivity index (χ4v) is 4.20. The zero-order valence-corrected chi connectivity index (χ0v) is 16.8. The van der Waals surface area contributed by atoms with E-state index in [-0.39, 0.29) is 17.3 Å². The fraction of sp³-hybridized carbons (Fsp3) is 0.250. The van der Waals surface area contributed by atoms with Crippen LogP contribution in [0.15, 0.2) is 36.7 Å². The molecule has 0 radical (unpaired) electrons. The minimum atomic E-state index is -0.986. The summed E-state index contributed by atoms with van der Waals surface area (Å²) in [7, 11) is 1.56. The Labute approximate surface area is 169 Å². The van der Waals surface area contributed by atoms with E-state index in [9.17, 15) is 13.6 Å². The zero-order chi connectivity index (χ0) is 20.7. The fourth-order valence-electron chi connectivity index (χ4n) is 3.32. The molecule has 0 bridgehead atoms. The van der Waals surface area contributed by atoms with Crippen molar-refractivity contribution in [3.8, 4) is 5.75 Å². The molecular formula is C20H18F2N4O2S. The molecule has 0 saturated heterocycles. The molecule has 1 N–H and O–H groups in total. The van der Waals surface area contributed by atoms with Crippen LogP contribution in [-0.2, 0) is 4.79 Å². The summed E-state index contributed by atoms with van der Waals surface area (Å²) < 4.78 is 35.0. The molecule has 29 heavy (non-hydrogen) atoms. The number of hydrogen-bond donors (Lipinski definition) is 1. The van der Waals surface area contributed by atoms with Gasteiger partial charge in [0.1, 0.15) is 17.3 Å². The maximum atomic E-state index is 13.8. The molecule has 1 amide bonds. The first-order valence-electron chi connectivity index (χ1n) is 8.95. The number of rotatable bonds is 5. The van der Waals surface area contributed by atoms with E-state index in [4.69, 9.17) is 4.74 Å². The Bertz CT molecular complexity index is 1220. The molecule has 0 fully saturated rings. The number of imidazole rings is 1. The van der Waals surface area contributed by atoms with E-state index < -0.39 is 17.7 Å². The Hall–Kier alpha value is -3.07. The van der Waals surface area contributed by atoms with Gasteiger partial charge in [0.15, 0.2) is 16.8 Å². The normalized spacial score (nSPS) is 12.6. The number of anilines is 1. The lowest BCUT2D eigenvalue weighted by Gasteiger charge is -2.22. The van der Waals surface area contributed by atoms with Crippen molar-refractivity contribution >= 4 is 43.6 Å². The summed E-state index contributed by atoms with van der Waals surface area (Å²) in [6.07, 6.45) is 1.43. The van der Waals surface area contributed by atoms with E-state index in [2.05, 4.69) is 15.3 Å². The van der Waals surface area contributed by atoms with Crippen LogP contribution in [0.1, 0.15) is 19.9 Å². The number of nitrogens with zero attached hydrogens (tertiary/aromatic N) is 3. The number of benzene rings is 2. The number of carbonyl (C=O) groups excluding carboxylic acids is 1. The van der Waals surface area contributed by atoms with Gasteiger partial charge in [-0.15, -0.1) is 0 Å². The van der Waals surface area contributed by atoms with Crippen molar-refractivity contribution in [3.05, 3.63) is 48.3 Å². The Morgan fingerprint density at radius 3 is 2.72 bits per heavy atom. The highest BCUT2D eigenvalue weighted by Crippen LogP contribution is 2.33. The average Bonchev–Trinajstić information content (AvgIpc) is 3.25. The molecule has 150 valence electrons. The monoisotopic (exact) mass is 416 g/mol. The number of amides is 1. The van der Waals surface area contributed by atoms with Crippen molar-refractivity contribution in [2.75, 3.05) is 12.4 Å². The number of fused-ring (bicyclic) bond motifs is 2. The van der Waals surface area contributed by atoms with Gasteiger partial charge in [-0.25, -0.2) is 18.7 Å². The summed E-state index contributed by atoms with van der Waals surface area (Å²) in [5.41, 5.74) is 1.30. The van der Waals surface area contributed by atoms with Gasteiger partial charge in [0, 0.05) is 12.1 Å². The summed E-state index contributed by atoms with van der Waals surface area (Å²) in [4.78, 5) is 21.7. The molecule has 6 nitrogen and oxygen atoms in total. The second-order valence-electron chi connectivity index (χ2n) is 6.91. The summed E-state index contributed by atoms with van der Waals surface area (Å²) in [6.45, 7) is 3.74. The minimum absolute atomic E-state index is 0.135. The number of nitrogens with one attached hydrogen (secondary N) is 1. The largest absolute Gasteiger partial charge is 0.494 e. The van der Waals surface area contributed by atoms with E-state index in [0.717, 1.165) is 16.8 Å². The molecule has 0 spiro atoms. The third-order valence-corrected chi connectivity index (χ3v) is 5.58. The minimum Gasteiger partial charge on any atom is -0.494 e. The predicted octanol–water partition coefficient (Wildman–Crippen LogP) is 4.77. The van der Waals surface area contributed by atoms with Gasteiger partial charge in [0.05, 0.1) is 29.2 Å². The molecule has 0 saturated carbocycles. The van der Waals surface area contributed by atoms with Gasteiger partial charge in [-0.2, -0.15) is 0 Å². The zero-order valence-electron chi connectivity index (χ0n) is 15.9. The molecule has 1 unspecified atom stereocenters. The van der Waals surface area contributed by atoms with E-state index in [0.29, 0.717) is 21.9 Å². The van der Waals surface area contributed by atoms with Crippen LogP contribution in [-0.4, -0.2) is 27.6 Å². The van der Waals surface area contributed by atoms with Gasteiger partial charge >= 0.3 is 0 Å². The Kier molecular flexibility index (Phi) is 4.91. The Balaban J connectivity index is 1.70. The number of thiazole rings is 1. The van der Waals surface area contributed by atoms with Crippen LogP contribution in [0.3, 0.4) is 0 Å². The maximum Gasteiger partial charge on any atom is 0.249 e. The molecule has 0 aliphatic rings. The van der Waals surface area contributed by atoms with Crippen molar-refractivity contribution in [1.29, 1.82) is 0 Å². The second kappa shape index (κ2) is 7.40. The number of aromatic nitrogens is 3. The molecule has 4 rings (SSSR count). The Morgan fingerprint density at radius 2 is 2.00 bits per heavy atom. The van der Waals surface area contributed by atoms with Gasteiger partial charge in [0.2, 0.25) is 5.91 Å². The SMILES string of the molecule is COc1cccc2sc(NC(=O)C(C(C)C)n3cnc4cc(F)c(F)cc43)nc12. The number of carbonyl (C=O) groups is 1. The van der Waals surface area contributed by atoms with Gasteiger partial charge in [-0.05, 0) is 18.1 Å². The summed E-state index contributed by atoms with van der Waals surface area (Å²) >= 11 is 1.33. The molecule has 9 heteroatoms.